The number of nitrogens with one attached hydrogen (secondary N) is 1. The molecule has 1 aromatic heterocycles. The highest BCUT2D eigenvalue weighted by molar-refractivity contribution is 5.98. The lowest BCUT2D eigenvalue weighted by atomic mass is 9.81. The predicted molar refractivity (Wildman–Crippen MR) is 119 cm³/mol. The Morgan fingerprint density at radius 1 is 1.10 bits per heavy atom. The Labute approximate surface area is 176 Å². The van der Waals surface area contributed by atoms with Crippen LogP contribution >= 0.6 is 0 Å². The fourth-order valence-electron chi connectivity index (χ4n) is 4.49. The van der Waals surface area contributed by atoms with E-state index in [0.717, 1.165) is 68.0 Å². The zero-order valence-corrected chi connectivity index (χ0v) is 17.6. The van der Waals surface area contributed by atoms with Gasteiger partial charge in [0.15, 0.2) is 11.4 Å². The fourth-order valence-corrected chi connectivity index (χ4v) is 4.49. The van der Waals surface area contributed by atoms with Gasteiger partial charge in [-0.1, -0.05) is 43.3 Å². The Morgan fingerprint density at radius 3 is 2.73 bits per heavy atom. The van der Waals surface area contributed by atoms with Crippen LogP contribution in [0.5, 0.6) is 0 Å². The van der Waals surface area contributed by atoms with E-state index in [0.29, 0.717) is 0 Å². The van der Waals surface area contributed by atoms with Gasteiger partial charge in [0.05, 0.1) is 5.39 Å². The van der Waals surface area contributed by atoms with Crippen LogP contribution in [0.3, 0.4) is 0 Å². The maximum absolute atomic E-state index is 12.1. The Kier molecular flexibility index (Phi) is 4.74. The van der Waals surface area contributed by atoms with Gasteiger partial charge in [-0.15, -0.1) is 0 Å². The molecular weight excluding hydrogens is 376 g/mol. The molecular formula is C24H28N4O2. The maximum atomic E-state index is 12.1. The normalized spacial score (nSPS) is 19.0. The number of piperazine rings is 1. The molecule has 2 aliphatic heterocycles. The molecule has 0 aliphatic carbocycles. The molecule has 30 heavy (non-hydrogen) atoms. The lowest BCUT2D eigenvalue weighted by molar-refractivity contribution is -0.124. The van der Waals surface area contributed by atoms with Crippen molar-refractivity contribution in [2.24, 2.45) is 5.41 Å². The number of para-hydroxylation sites is 1. The van der Waals surface area contributed by atoms with Crippen LogP contribution in [0.1, 0.15) is 25.0 Å². The summed E-state index contributed by atoms with van der Waals surface area (Å²) in [6.45, 7) is 9.03. The molecule has 156 valence electrons. The van der Waals surface area contributed by atoms with Gasteiger partial charge in [-0.2, -0.15) is 0 Å². The van der Waals surface area contributed by atoms with Gasteiger partial charge in [-0.3, -0.25) is 9.69 Å². The van der Waals surface area contributed by atoms with Crippen molar-refractivity contribution >= 4 is 28.4 Å². The molecule has 0 radical (unpaired) electrons. The van der Waals surface area contributed by atoms with Crippen molar-refractivity contribution in [1.29, 1.82) is 0 Å². The smallest absolute Gasteiger partial charge is 0.230 e. The summed E-state index contributed by atoms with van der Waals surface area (Å²) in [5.41, 5.74) is 4.07. The van der Waals surface area contributed by atoms with Crippen LogP contribution in [0.15, 0.2) is 47.0 Å². The topological polar surface area (TPSA) is 61.6 Å². The Bertz CT molecular complexity index is 1080. The van der Waals surface area contributed by atoms with E-state index >= 15 is 0 Å². The minimum atomic E-state index is -0.340. The van der Waals surface area contributed by atoms with Gasteiger partial charge in [0.1, 0.15) is 0 Å². The van der Waals surface area contributed by atoms with Crippen molar-refractivity contribution in [3.63, 3.8) is 0 Å². The van der Waals surface area contributed by atoms with Gasteiger partial charge in [0, 0.05) is 43.8 Å². The summed E-state index contributed by atoms with van der Waals surface area (Å²) in [7, 11) is 0. The molecule has 6 heteroatoms. The first-order chi connectivity index (χ1) is 14.5. The molecule has 0 saturated carbocycles. The second kappa shape index (κ2) is 7.43. The largest absolute Gasteiger partial charge is 0.354 e. The van der Waals surface area contributed by atoms with Gasteiger partial charge in [0.25, 0.3) is 0 Å². The summed E-state index contributed by atoms with van der Waals surface area (Å²) in [6.07, 6.45) is 1.82. The van der Waals surface area contributed by atoms with Crippen LogP contribution in [-0.2, 0) is 17.6 Å². The first kappa shape index (κ1) is 19.1. The average molecular weight is 405 g/mol. The van der Waals surface area contributed by atoms with Crippen molar-refractivity contribution < 1.29 is 9.32 Å². The molecule has 5 rings (SSSR count). The molecule has 0 atom stereocenters. The summed E-state index contributed by atoms with van der Waals surface area (Å²) < 4.78 is 5.47. The van der Waals surface area contributed by atoms with Gasteiger partial charge in [-0.25, -0.2) is 0 Å². The number of anilines is 2. The van der Waals surface area contributed by atoms with E-state index in [-0.39, 0.29) is 11.3 Å². The molecule has 0 bridgehead atoms. The van der Waals surface area contributed by atoms with Crippen LogP contribution in [0, 0.1) is 5.41 Å². The number of aromatic nitrogens is 1. The van der Waals surface area contributed by atoms with Crippen molar-refractivity contribution in [1.82, 2.24) is 10.1 Å². The third-order valence-electron chi connectivity index (χ3n) is 6.41. The van der Waals surface area contributed by atoms with Crippen molar-refractivity contribution in [3.8, 4) is 0 Å². The molecule has 1 fully saturated rings. The number of hydrogen-bond acceptors (Lipinski definition) is 5. The Morgan fingerprint density at radius 2 is 1.90 bits per heavy atom. The molecule has 0 spiro atoms. The third kappa shape index (κ3) is 3.56. The summed E-state index contributed by atoms with van der Waals surface area (Å²) in [6, 6.07) is 14.5. The first-order valence-electron chi connectivity index (χ1n) is 10.7. The highest BCUT2D eigenvalue weighted by Gasteiger charge is 2.33. The maximum Gasteiger partial charge on any atom is 0.230 e. The summed E-state index contributed by atoms with van der Waals surface area (Å²) in [5.74, 6) is 1.07. The van der Waals surface area contributed by atoms with Gasteiger partial charge in [-0.05, 0) is 42.2 Å². The predicted octanol–water partition coefficient (Wildman–Crippen LogP) is 3.71. The quantitative estimate of drug-likeness (QED) is 0.718. The molecule has 2 aromatic carbocycles. The van der Waals surface area contributed by atoms with E-state index in [1.54, 1.807) is 0 Å². The molecule has 0 unspecified atom stereocenters. The first-order valence-corrected chi connectivity index (χ1v) is 10.7. The molecule has 3 aromatic rings. The highest BCUT2D eigenvalue weighted by Crippen LogP contribution is 2.33. The summed E-state index contributed by atoms with van der Waals surface area (Å²) in [5, 5.41) is 8.44. The number of hydrogen-bond donors (Lipinski definition) is 1. The van der Waals surface area contributed by atoms with E-state index in [9.17, 15) is 4.79 Å². The third-order valence-corrected chi connectivity index (χ3v) is 6.41. The Hall–Kier alpha value is -2.86. The monoisotopic (exact) mass is 404 g/mol. The second-order valence-corrected chi connectivity index (χ2v) is 9.09. The van der Waals surface area contributed by atoms with E-state index in [2.05, 4.69) is 44.5 Å². The second-order valence-electron chi connectivity index (χ2n) is 9.09. The number of amides is 1. The van der Waals surface area contributed by atoms with Crippen molar-refractivity contribution in [2.75, 3.05) is 42.9 Å². The average Bonchev–Trinajstić information content (AvgIpc) is 3.17. The minimum Gasteiger partial charge on any atom is -0.354 e. The molecule has 2 aliphatic rings. The van der Waals surface area contributed by atoms with E-state index in [4.69, 9.17) is 4.52 Å². The van der Waals surface area contributed by atoms with Crippen LogP contribution in [0.2, 0.25) is 0 Å². The van der Waals surface area contributed by atoms with Gasteiger partial charge in [0.2, 0.25) is 5.91 Å². The molecule has 6 nitrogen and oxygen atoms in total. The summed E-state index contributed by atoms with van der Waals surface area (Å²) >= 11 is 0. The van der Waals surface area contributed by atoms with Gasteiger partial charge >= 0.3 is 0 Å². The minimum absolute atomic E-state index is 0.112. The zero-order chi connectivity index (χ0) is 20.7. The number of fused-ring (bicyclic) bond motifs is 2. The number of carbonyl (C=O) groups is 1. The number of rotatable bonds is 4. The van der Waals surface area contributed by atoms with E-state index in [1.165, 1.54) is 11.1 Å². The van der Waals surface area contributed by atoms with Crippen LogP contribution in [0.25, 0.3) is 11.0 Å². The molecule has 3 heterocycles. The van der Waals surface area contributed by atoms with Gasteiger partial charge < -0.3 is 14.7 Å². The lowest BCUT2D eigenvalue weighted by Crippen LogP contribution is -2.47. The number of benzene rings is 2. The standard InChI is InChI=1S/C24H28N4O2/c1-24(2)16-18-15-17(7-8-20(18)25-23(24)29)9-10-27-11-13-28(14-12-27)22-19-5-3-4-6-21(19)30-26-22/h3-8,15H,9-14,16H2,1-2H3,(H,25,29). The lowest BCUT2D eigenvalue weighted by Gasteiger charge is -2.35. The van der Waals surface area contributed by atoms with Crippen LogP contribution in [-0.4, -0.2) is 48.7 Å². The van der Waals surface area contributed by atoms with Crippen molar-refractivity contribution in [2.45, 2.75) is 26.7 Å². The highest BCUT2D eigenvalue weighted by atomic mass is 16.5. The zero-order valence-electron chi connectivity index (χ0n) is 17.6. The number of carbonyl (C=O) groups excluding carboxylic acids is 1. The van der Waals surface area contributed by atoms with E-state index < -0.39 is 0 Å². The number of nitrogens with zero attached hydrogens (tertiary/aromatic N) is 3. The van der Waals surface area contributed by atoms with Crippen molar-refractivity contribution in [3.05, 3.63) is 53.6 Å². The molecule has 1 saturated heterocycles. The van der Waals surface area contributed by atoms with E-state index in [1.807, 2.05) is 32.0 Å². The molecule has 1 N–H and O–H groups in total. The van der Waals surface area contributed by atoms with Crippen LogP contribution < -0.4 is 10.2 Å². The molecule has 1 amide bonds. The Balaban J connectivity index is 1.18. The fraction of sp³-hybridized carbons (Fsp3) is 0.417. The van der Waals surface area contributed by atoms with Crippen LogP contribution in [0.4, 0.5) is 11.5 Å². The summed E-state index contributed by atoms with van der Waals surface area (Å²) in [4.78, 5) is 17.0. The SMILES string of the molecule is CC1(C)Cc2cc(CCN3CCN(c4noc5ccccc45)CC3)ccc2NC1=O.